The highest BCUT2D eigenvalue weighted by atomic mass is 32.2. The number of aryl methyl sites for hydroxylation is 1. The number of fused-ring (bicyclic) bond motifs is 1. The fraction of sp³-hybridized carbons (Fsp3) is 0.282. The summed E-state index contributed by atoms with van der Waals surface area (Å²) in [6, 6.07) is 23.1. The number of ether oxygens (including phenoxy) is 2. The molecule has 50 heavy (non-hydrogen) atoms. The zero-order chi connectivity index (χ0) is 35.5. The molecule has 3 amide bonds. The van der Waals surface area contributed by atoms with E-state index in [1.165, 1.54) is 30.2 Å². The summed E-state index contributed by atoms with van der Waals surface area (Å²) < 4.78 is 10.9. The Labute approximate surface area is 300 Å². The molecule has 260 valence electrons. The number of esters is 1. The lowest BCUT2D eigenvalue weighted by molar-refractivity contribution is -0.116. The van der Waals surface area contributed by atoms with Gasteiger partial charge in [0.05, 0.1) is 24.5 Å². The van der Waals surface area contributed by atoms with Crippen molar-refractivity contribution in [2.45, 2.75) is 62.5 Å². The van der Waals surface area contributed by atoms with Crippen molar-refractivity contribution in [2.24, 2.45) is 0 Å². The molecule has 1 atom stereocenters. The van der Waals surface area contributed by atoms with E-state index in [0.717, 1.165) is 47.4 Å². The number of anilines is 2. The lowest BCUT2D eigenvalue weighted by Gasteiger charge is -2.16. The summed E-state index contributed by atoms with van der Waals surface area (Å²) in [5.41, 5.74) is 3.02. The maximum atomic E-state index is 13.7. The summed E-state index contributed by atoms with van der Waals surface area (Å²) >= 11 is 2.83. The Kier molecular flexibility index (Phi) is 12.9. The van der Waals surface area contributed by atoms with E-state index < -0.39 is 23.0 Å². The highest BCUT2D eigenvalue weighted by Gasteiger charge is 2.28. The van der Waals surface area contributed by atoms with Gasteiger partial charge in [-0.05, 0) is 87.1 Å². The Morgan fingerprint density at radius 3 is 2.42 bits per heavy atom. The Bertz CT molecular complexity index is 1870. The number of methoxy groups -OCH3 is 1. The number of carbonyl (C=O) groups is 4. The van der Waals surface area contributed by atoms with Gasteiger partial charge in [-0.1, -0.05) is 55.8 Å². The summed E-state index contributed by atoms with van der Waals surface area (Å²) in [7, 11) is 1.36. The average Bonchev–Trinajstić information content (AvgIpc) is 3.30. The Hall–Kier alpha value is -4.87. The number of benzene rings is 3. The lowest BCUT2D eigenvalue weighted by Crippen LogP contribution is -2.30. The van der Waals surface area contributed by atoms with Gasteiger partial charge < -0.3 is 25.4 Å². The molecular formula is C39H41N3O6S2. The first kappa shape index (κ1) is 36.4. The normalized spacial score (nSPS) is 13.3. The number of para-hydroxylation sites is 1. The predicted molar refractivity (Wildman–Crippen MR) is 200 cm³/mol. The fourth-order valence-corrected chi connectivity index (χ4v) is 7.95. The van der Waals surface area contributed by atoms with Crippen LogP contribution in [0.5, 0.6) is 5.75 Å². The minimum Gasteiger partial charge on any atom is -0.493 e. The molecule has 1 aliphatic carbocycles. The quantitative estimate of drug-likeness (QED) is 0.0554. The number of hydrogen-bond acceptors (Lipinski definition) is 8. The molecule has 0 fully saturated rings. The fourth-order valence-electron chi connectivity index (χ4n) is 5.66. The van der Waals surface area contributed by atoms with Gasteiger partial charge in [0.2, 0.25) is 5.91 Å². The van der Waals surface area contributed by atoms with E-state index in [0.29, 0.717) is 46.2 Å². The van der Waals surface area contributed by atoms with Gasteiger partial charge in [0, 0.05) is 26.6 Å². The van der Waals surface area contributed by atoms with Crippen LogP contribution in [0.1, 0.15) is 76.3 Å². The zero-order valence-corrected chi connectivity index (χ0v) is 30.0. The molecule has 5 rings (SSSR count). The molecule has 3 N–H and O–H groups in total. The van der Waals surface area contributed by atoms with Crippen LogP contribution in [0, 0.1) is 0 Å². The molecule has 11 heteroatoms. The van der Waals surface area contributed by atoms with Crippen LogP contribution in [-0.2, 0) is 27.2 Å². The third kappa shape index (κ3) is 9.22. The highest BCUT2D eigenvalue weighted by molar-refractivity contribution is 8.00. The Balaban J connectivity index is 1.34. The molecule has 0 spiro atoms. The van der Waals surface area contributed by atoms with Crippen molar-refractivity contribution < 1.29 is 28.7 Å². The van der Waals surface area contributed by atoms with Gasteiger partial charge in [-0.2, -0.15) is 0 Å². The van der Waals surface area contributed by atoms with Crippen molar-refractivity contribution in [1.82, 2.24) is 5.32 Å². The smallest absolute Gasteiger partial charge is 0.341 e. The Morgan fingerprint density at radius 1 is 0.900 bits per heavy atom. The molecule has 1 unspecified atom stereocenters. The molecule has 0 radical (unpaired) electrons. The number of nitrogens with one attached hydrogen (secondary N) is 3. The van der Waals surface area contributed by atoms with Crippen LogP contribution < -0.4 is 20.7 Å². The van der Waals surface area contributed by atoms with Crippen molar-refractivity contribution in [3.8, 4) is 5.75 Å². The molecule has 0 bridgehead atoms. The van der Waals surface area contributed by atoms with Crippen LogP contribution >= 0.6 is 23.1 Å². The molecule has 0 saturated carbocycles. The second kappa shape index (κ2) is 17.7. The summed E-state index contributed by atoms with van der Waals surface area (Å²) in [6.07, 6.45) is 6.96. The van der Waals surface area contributed by atoms with Gasteiger partial charge in [-0.15, -0.1) is 23.1 Å². The van der Waals surface area contributed by atoms with E-state index in [1.807, 2.05) is 38.1 Å². The van der Waals surface area contributed by atoms with E-state index in [9.17, 15) is 19.2 Å². The highest BCUT2D eigenvalue weighted by Crippen LogP contribution is 2.39. The molecule has 4 aromatic rings. The Morgan fingerprint density at radius 2 is 1.66 bits per heavy atom. The molecule has 0 aliphatic heterocycles. The molecule has 3 aromatic carbocycles. The predicted octanol–water partition coefficient (Wildman–Crippen LogP) is 8.12. The summed E-state index contributed by atoms with van der Waals surface area (Å²) in [5, 5.41) is 8.78. The topological polar surface area (TPSA) is 123 Å². The first-order valence-corrected chi connectivity index (χ1v) is 18.4. The van der Waals surface area contributed by atoms with Gasteiger partial charge >= 0.3 is 5.97 Å². The second-order valence-corrected chi connectivity index (χ2v) is 14.0. The molecule has 1 aliphatic rings. The van der Waals surface area contributed by atoms with Crippen LogP contribution in [0.4, 0.5) is 10.7 Å². The van der Waals surface area contributed by atoms with E-state index in [2.05, 4.69) is 16.0 Å². The van der Waals surface area contributed by atoms with Crippen LogP contribution in [0.2, 0.25) is 0 Å². The number of thiophene rings is 1. The number of carbonyl (C=O) groups excluding carboxylic acids is 4. The van der Waals surface area contributed by atoms with E-state index in [-0.39, 0.29) is 11.6 Å². The summed E-state index contributed by atoms with van der Waals surface area (Å²) in [4.78, 5) is 55.2. The number of thioether (sulfide) groups is 1. The third-order valence-electron chi connectivity index (χ3n) is 8.13. The van der Waals surface area contributed by atoms with Crippen molar-refractivity contribution >= 4 is 63.6 Å². The van der Waals surface area contributed by atoms with Gasteiger partial charge in [0.15, 0.2) is 0 Å². The first-order chi connectivity index (χ1) is 24.3. The van der Waals surface area contributed by atoms with E-state index >= 15 is 0 Å². The number of hydrogen-bond donors (Lipinski definition) is 3. The zero-order valence-electron chi connectivity index (χ0n) is 28.4. The first-order valence-electron chi connectivity index (χ1n) is 16.7. The van der Waals surface area contributed by atoms with Crippen LogP contribution in [0.25, 0.3) is 6.08 Å². The third-order valence-corrected chi connectivity index (χ3v) is 10.7. The second-order valence-electron chi connectivity index (χ2n) is 11.6. The molecule has 9 nitrogen and oxygen atoms in total. The lowest BCUT2D eigenvalue weighted by atomic mass is 10.1. The SMILES string of the molecule is CCOc1ccccc1/C=C(/NC(=O)c1ccccc1)C(=O)Nc1cccc(SC(CC)C(=O)Nc2sc3c(c2C(=O)OC)CCCCC3)c1. The number of rotatable bonds is 13. The minimum atomic E-state index is -0.527. The average molecular weight is 712 g/mol. The maximum absolute atomic E-state index is 13.7. The monoisotopic (exact) mass is 711 g/mol. The molecule has 1 aromatic heterocycles. The standard InChI is InChI=1S/C39H41N3O6S2/c1-4-32(37(45)42-38-34(39(46)47-3)29-20-10-7-11-22-33(29)50-38)49-28-19-14-18-27(24-28)40-36(44)30(41-35(43)25-15-8-6-9-16-25)23-26-17-12-13-21-31(26)48-5-2/h6,8-9,12-19,21,23-24,32H,4-5,7,10-11,20,22H2,1-3H3,(H,40,44)(H,41,43)(H,42,45)/b30-23+. The maximum Gasteiger partial charge on any atom is 0.341 e. The minimum absolute atomic E-state index is 0.0330. The van der Waals surface area contributed by atoms with Gasteiger partial charge in [-0.3, -0.25) is 14.4 Å². The van der Waals surface area contributed by atoms with Gasteiger partial charge in [-0.25, -0.2) is 4.79 Å². The summed E-state index contributed by atoms with van der Waals surface area (Å²) in [5.74, 6) is -1.03. The summed E-state index contributed by atoms with van der Waals surface area (Å²) in [6.45, 7) is 4.24. The molecule has 0 saturated heterocycles. The van der Waals surface area contributed by atoms with Crippen molar-refractivity contribution in [2.75, 3.05) is 24.4 Å². The van der Waals surface area contributed by atoms with Crippen molar-refractivity contribution in [3.63, 3.8) is 0 Å². The molecular weight excluding hydrogens is 671 g/mol. The van der Waals surface area contributed by atoms with Crippen LogP contribution in [-0.4, -0.2) is 42.7 Å². The van der Waals surface area contributed by atoms with E-state index in [1.54, 1.807) is 60.7 Å². The van der Waals surface area contributed by atoms with Crippen LogP contribution in [0.3, 0.4) is 0 Å². The number of amides is 3. The van der Waals surface area contributed by atoms with Crippen molar-refractivity contribution in [1.29, 1.82) is 0 Å². The van der Waals surface area contributed by atoms with Crippen molar-refractivity contribution in [3.05, 3.63) is 112 Å². The van der Waals surface area contributed by atoms with Gasteiger partial charge in [0.1, 0.15) is 16.4 Å². The van der Waals surface area contributed by atoms with E-state index in [4.69, 9.17) is 9.47 Å². The van der Waals surface area contributed by atoms with Crippen LogP contribution in [0.15, 0.2) is 89.5 Å². The van der Waals surface area contributed by atoms with Gasteiger partial charge in [0.25, 0.3) is 11.8 Å². The molecule has 1 heterocycles. The largest absolute Gasteiger partial charge is 0.493 e.